The average Bonchev–Trinajstić information content (AvgIpc) is 2.78. The minimum Gasteiger partial charge on any atom is -0.331 e. The lowest BCUT2D eigenvalue weighted by Gasteiger charge is -2.08. The maximum atomic E-state index is 5.65. The Bertz CT molecular complexity index is 474. The molecular formula is C14H19N3. The summed E-state index contributed by atoms with van der Waals surface area (Å²) in [6, 6.07) is 8.42. The molecule has 0 saturated carbocycles. The average molecular weight is 229 g/mol. The maximum Gasteiger partial charge on any atom is 0.108 e. The third-order valence-electron chi connectivity index (χ3n) is 2.86. The van der Waals surface area contributed by atoms with Gasteiger partial charge in [-0.2, -0.15) is 0 Å². The van der Waals surface area contributed by atoms with E-state index in [0.717, 1.165) is 25.2 Å². The van der Waals surface area contributed by atoms with E-state index in [-0.39, 0.29) is 0 Å². The van der Waals surface area contributed by atoms with Crippen molar-refractivity contribution in [3.8, 4) is 0 Å². The molecule has 0 fully saturated rings. The maximum absolute atomic E-state index is 5.65. The van der Waals surface area contributed by atoms with E-state index < -0.39 is 0 Å². The Labute approximate surface area is 102 Å². The van der Waals surface area contributed by atoms with Gasteiger partial charge in [0.25, 0.3) is 0 Å². The number of nitrogens with two attached hydrogens (primary N) is 1. The van der Waals surface area contributed by atoms with Gasteiger partial charge in [-0.15, -0.1) is 0 Å². The number of aromatic nitrogens is 2. The normalized spacial score (nSPS) is 10.7. The zero-order valence-corrected chi connectivity index (χ0v) is 10.3. The monoisotopic (exact) mass is 229 g/mol. The van der Waals surface area contributed by atoms with Gasteiger partial charge in [0.15, 0.2) is 0 Å². The summed E-state index contributed by atoms with van der Waals surface area (Å²) in [5, 5.41) is 0. The van der Waals surface area contributed by atoms with Crippen LogP contribution in [0.3, 0.4) is 0 Å². The van der Waals surface area contributed by atoms with E-state index in [1.165, 1.54) is 11.1 Å². The molecule has 1 aromatic carbocycles. The molecule has 0 aliphatic rings. The predicted molar refractivity (Wildman–Crippen MR) is 69.7 cm³/mol. The van der Waals surface area contributed by atoms with Gasteiger partial charge in [0.05, 0.1) is 0 Å². The minimum atomic E-state index is 0.597. The molecule has 17 heavy (non-hydrogen) atoms. The van der Waals surface area contributed by atoms with Crippen LogP contribution in [0.15, 0.2) is 36.7 Å². The quantitative estimate of drug-likeness (QED) is 0.855. The topological polar surface area (TPSA) is 43.8 Å². The van der Waals surface area contributed by atoms with Crippen molar-refractivity contribution < 1.29 is 0 Å². The zero-order chi connectivity index (χ0) is 12.1. The molecule has 2 N–H and O–H groups in total. The van der Waals surface area contributed by atoms with Crippen LogP contribution in [-0.2, 0) is 19.5 Å². The second-order valence-electron chi connectivity index (χ2n) is 4.25. The molecule has 2 aromatic rings. The van der Waals surface area contributed by atoms with Crippen LogP contribution in [0.5, 0.6) is 0 Å². The lowest BCUT2D eigenvalue weighted by molar-refractivity contribution is 0.704. The number of hydrogen-bond donors (Lipinski definition) is 1. The summed E-state index contributed by atoms with van der Waals surface area (Å²) in [5.41, 5.74) is 8.11. The first-order chi connectivity index (χ1) is 8.33. The molecule has 0 bridgehead atoms. The summed E-state index contributed by atoms with van der Waals surface area (Å²) in [7, 11) is 0. The summed E-state index contributed by atoms with van der Waals surface area (Å²) in [6.45, 7) is 3.65. The van der Waals surface area contributed by atoms with Crippen molar-refractivity contribution in [2.24, 2.45) is 5.73 Å². The van der Waals surface area contributed by atoms with Crippen LogP contribution < -0.4 is 5.73 Å². The molecule has 2 rings (SSSR count). The van der Waals surface area contributed by atoms with Crippen LogP contribution in [0.25, 0.3) is 0 Å². The molecule has 0 spiro atoms. The first kappa shape index (κ1) is 11.9. The molecule has 3 nitrogen and oxygen atoms in total. The molecule has 0 aliphatic carbocycles. The fraction of sp³-hybridized carbons (Fsp3) is 0.357. The first-order valence-corrected chi connectivity index (χ1v) is 6.11. The second-order valence-corrected chi connectivity index (χ2v) is 4.25. The minimum absolute atomic E-state index is 0.597. The lowest BCUT2D eigenvalue weighted by Crippen LogP contribution is -2.05. The van der Waals surface area contributed by atoms with E-state index in [2.05, 4.69) is 40.7 Å². The van der Waals surface area contributed by atoms with Crippen molar-refractivity contribution in [3.63, 3.8) is 0 Å². The molecule has 1 heterocycles. The molecule has 3 heteroatoms. The van der Waals surface area contributed by atoms with Gasteiger partial charge in [-0.05, 0) is 17.5 Å². The fourth-order valence-electron chi connectivity index (χ4n) is 1.99. The number of rotatable bonds is 5. The van der Waals surface area contributed by atoms with E-state index in [9.17, 15) is 0 Å². The lowest BCUT2D eigenvalue weighted by atomic mass is 10.1. The van der Waals surface area contributed by atoms with Gasteiger partial charge in [-0.3, -0.25) is 0 Å². The Hall–Kier alpha value is -1.61. The fourth-order valence-corrected chi connectivity index (χ4v) is 1.99. The van der Waals surface area contributed by atoms with Crippen molar-refractivity contribution in [1.82, 2.24) is 9.55 Å². The SMILES string of the molecule is CCCc1nccn1Cc1cccc(CN)c1. The van der Waals surface area contributed by atoms with Crippen LogP contribution in [0.2, 0.25) is 0 Å². The van der Waals surface area contributed by atoms with Crippen LogP contribution in [0.1, 0.15) is 30.3 Å². The number of hydrogen-bond acceptors (Lipinski definition) is 2. The Kier molecular flexibility index (Phi) is 3.94. The molecular weight excluding hydrogens is 210 g/mol. The number of aryl methyl sites for hydroxylation is 1. The van der Waals surface area contributed by atoms with Crippen LogP contribution in [-0.4, -0.2) is 9.55 Å². The van der Waals surface area contributed by atoms with E-state index in [1.54, 1.807) is 0 Å². The Balaban J connectivity index is 2.16. The van der Waals surface area contributed by atoms with Crippen molar-refractivity contribution in [3.05, 3.63) is 53.6 Å². The van der Waals surface area contributed by atoms with Crippen molar-refractivity contribution in [2.75, 3.05) is 0 Å². The highest BCUT2D eigenvalue weighted by Crippen LogP contribution is 2.09. The molecule has 0 atom stereocenters. The Morgan fingerprint density at radius 2 is 2.12 bits per heavy atom. The van der Waals surface area contributed by atoms with Crippen LogP contribution in [0.4, 0.5) is 0 Å². The van der Waals surface area contributed by atoms with E-state index in [1.807, 2.05) is 12.4 Å². The molecule has 0 amide bonds. The Morgan fingerprint density at radius 3 is 2.88 bits per heavy atom. The third-order valence-corrected chi connectivity index (χ3v) is 2.86. The van der Waals surface area contributed by atoms with Gasteiger partial charge < -0.3 is 10.3 Å². The van der Waals surface area contributed by atoms with Crippen molar-refractivity contribution in [1.29, 1.82) is 0 Å². The predicted octanol–water partition coefficient (Wildman–Crippen LogP) is 2.34. The van der Waals surface area contributed by atoms with Gasteiger partial charge >= 0.3 is 0 Å². The first-order valence-electron chi connectivity index (χ1n) is 6.11. The summed E-state index contributed by atoms with van der Waals surface area (Å²) >= 11 is 0. The van der Waals surface area contributed by atoms with Gasteiger partial charge in [0.1, 0.15) is 5.82 Å². The van der Waals surface area contributed by atoms with E-state index in [4.69, 9.17) is 5.73 Å². The van der Waals surface area contributed by atoms with Gasteiger partial charge in [0.2, 0.25) is 0 Å². The van der Waals surface area contributed by atoms with Crippen LogP contribution in [0, 0.1) is 0 Å². The summed E-state index contributed by atoms with van der Waals surface area (Å²) in [5.74, 6) is 1.16. The number of imidazole rings is 1. The second kappa shape index (κ2) is 5.64. The highest BCUT2D eigenvalue weighted by Gasteiger charge is 2.02. The standard InChI is InChI=1S/C14H19N3/c1-2-4-14-16-7-8-17(14)11-13-6-3-5-12(9-13)10-15/h3,5-9H,2,4,10-11,15H2,1H3. The summed E-state index contributed by atoms with van der Waals surface area (Å²) < 4.78 is 2.21. The molecule has 0 unspecified atom stereocenters. The smallest absolute Gasteiger partial charge is 0.108 e. The number of benzene rings is 1. The van der Waals surface area contributed by atoms with Crippen molar-refractivity contribution in [2.45, 2.75) is 32.9 Å². The zero-order valence-electron chi connectivity index (χ0n) is 10.3. The molecule has 0 radical (unpaired) electrons. The van der Waals surface area contributed by atoms with Gasteiger partial charge in [-0.1, -0.05) is 31.2 Å². The van der Waals surface area contributed by atoms with Crippen molar-refractivity contribution >= 4 is 0 Å². The van der Waals surface area contributed by atoms with Crippen LogP contribution >= 0.6 is 0 Å². The van der Waals surface area contributed by atoms with Gasteiger partial charge in [0, 0.05) is 31.9 Å². The largest absolute Gasteiger partial charge is 0.331 e. The highest BCUT2D eigenvalue weighted by molar-refractivity contribution is 5.23. The number of nitrogens with zero attached hydrogens (tertiary/aromatic N) is 2. The van der Waals surface area contributed by atoms with E-state index >= 15 is 0 Å². The summed E-state index contributed by atoms with van der Waals surface area (Å²) in [4.78, 5) is 4.38. The molecule has 90 valence electrons. The third kappa shape index (κ3) is 2.94. The van der Waals surface area contributed by atoms with Gasteiger partial charge in [-0.25, -0.2) is 4.98 Å². The highest BCUT2D eigenvalue weighted by atomic mass is 15.1. The Morgan fingerprint density at radius 1 is 1.29 bits per heavy atom. The molecule has 0 saturated heterocycles. The van der Waals surface area contributed by atoms with E-state index in [0.29, 0.717) is 6.54 Å². The summed E-state index contributed by atoms with van der Waals surface area (Å²) in [6.07, 6.45) is 6.07. The molecule has 0 aliphatic heterocycles. The molecule has 1 aromatic heterocycles.